The number of carbonyl (C=O) groups excluding carboxylic acids is 1. The van der Waals surface area contributed by atoms with Crippen LogP contribution in [0.15, 0.2) is 29.1 Å². The van der Waals surface area contributed by atoms with Crippen LogP contribution >= 0.6 is 0 Å². The second-order valence-corrected chi connectivity index (χ2v) is 5.82. The lowest BCUT2D eigenvalue weighted by molar-refractivity contribution is -0.137. The lowest BCUT2D eigenvalue weighted by Crippen LogP contribution is -2.33. The van der Waals surface area contributed by atoms with Crippen molar-refractivity contribution in [3.63, 3.8) is 0 Å². The highest BCUT2D eigenvalue weighted by molar-refractivity contribution is 5.80. The summed E-state index contributed by atoms with van der Waals surface area (Å²) in [6.07, 6.45) is 3.37. The molecule has 1 heterocycles. The highest BCUT2D eigenvalue weighted by Crippen LogP contribution is 2.11. The number of benzene rings is 1. The Balaban J connectivity index is 1.80. The quantitative estimate of drug-likeness (QED) is 0.680. The van der Waals surface area contributed by atoms with Crippen LogP contribution in [0.2, 0.25) is 0 Å². The average Bonchev–Trinajstić information content (AvgIpc) is 2.79. The van der Waals surface area contributed by atoms with Crippen LogP contribution in [0.1, 0.15) is 32.1 Å². The lowest BCUT2D eigenvalue weighted by atomic mass is 10.1. The maximum absolute atomic E-state index is 12.2. The summed E-state index contributed by atoms with van der Waals surface area (Å²) in [7, 11) is 1.69. The molecular weight excluding hydrogens is 310 g/mol. The van der Waals surface area contributed by atoms with Crippen LogP contribution in [-0.4, -0.2) is 32.7 Å². The fraction of sp³-hybridized carbons (Fsp3) is 0.471. The monoisotopic (exact) mass is 333 g/mol. The number of carboxylic acids is 1. The van der Waals surface area contributed by atoms with E-state index in [4.69, 9.17) is 5.11 Å². The highest BCUT2D eigenvalue weighted by atomic mass is 16.4. The van der Waals surface area contributed by atoms with E-state index < -0.39 is 5.97 Å². The highest BCUT2D eigenvalue weighted by Gasteiger charge is 2.12. The third kappa shape index (κ3) is 4.47. The Labute approximate surface area is 139 Å². The Morgan fingerprint density at radius 3 is 2.46 bits per heavy atom. The summed E-state index contributed by atoms with van der Waals surface area (Å²) in [5, 5.41) is 11.3. The number of nitrogens with zero attached hydrogens (tertiary/aromatic N) is 2. The van der Waals surface area contributed by atoms with Gasteiger partial charge in [0.1, 0.15) is 6.54 Å². The third-order valence-electron chi connectivity index (χ3n) is 3.99. The minimum absolute atomic E-state index is 0.000793. The van der Waals surface area contributed by atoms with Crippen molar-refractivity contribution in [2.45, 2.75) is 38.6 Å². The molecule has 0 aliphatic heterocycles. The van der Waals surface area contributed by atoms with Crippen molar-refractivity contribution in [1.82, 2.24) is 14.5 Å². The second-order valence-electron chi connectivity index (χ2n) is 5.82. The average molecular weight is 333 g/mol. The molecule has 7 heteroatoms. The molecule has 2 aromatic rings. The summed E-state index contributed by atoms with van der Waals surface area (Å²) in [5.74, 6) is -0.970. The van der Waals surface area contributed by atoms with E-state index in [1.165, 1.54) is 9.13 Å². The van der Waals surface area contributed by atoms with Crippen LogP contribution in [0.25, 0.3) is 11.0 Å². The fourth-order valence-corrected chi connectivity index (χ4v) is 2.70. The fourth-order valence-electron chi connectivity index (χ4n) is 2.70. The SMILES string of the molecule is Cn1c(=O)n(CC(=O)NCCCCCCC(=O)O)c2ccccc21. The van der Waals surface area contributed by atoms with Crippen molar-refractivity contribution in [3.8, 4) is 0 Å². The van der Waals surface area contributed by atoms with Gasteiger partial charge in [-0.1, -0.05) is 25.0 Å². The summed E-state index contributed by atoms with van der Waals surface area (Å²) in [6.45, 7) is 0.532. The van der Waals surface area contributed by atoms with Gasteiger partial charge in [-0.2, -0.15) is 0 Å². The Hall–Kier alpha value is -2.57. The molecule has 2 N–H and O–H groups in total. The smallest absolute Gasteiger partial charge is 0.329 e. The van der Waals surface area contributed by atoms with E-state index in [9.17, 15) is 14.4 Å². The molecular formula is C17H23N3O4. The topological polar surface area (TPSA) is 93.3 Å². The number of unbranched alkanes of at least 4 members (excludes halogenated alkanes) is 3. The van der Waals surface area contributed by atoms with Gasteiger partial charge in [-0.05, 0) is 25.0 Å². The number of fused-ring (bicyclic) bond motifs is 1. The zero-order valence-corrected chi connectivity index (χ0v) is 13.8. The number of hydrogen-bond donors (Lipinski definition) is 2. The van der Waals surface area contributed by atoms with E-state index >= 15 is 0 Å². The van der Waals surface area contributed by atoms with Crippen molar-refractivity contribution < 1.29 is 14.7 Å². The molecule has 0 radical (unpaired) electrons. The second kappa shape index (κ2) is 8.33. The summed E-state index contributed by atoms with van der Waals surface area (Å²) >= 11 is 0. The number of aryl methyl sites for hydroxylation is 1. The first kappa shape index (κ1) is 17.8. The summed E-state index contributed by atoms with van der Waals surface area (Å²) in [6, 6.07) is 7.37. The number of carboxylic acid groups (broad SMARTS) is 1. The number of amides is 1. The predicted molar refractivity (Wildman–Crippen MR) is 90.9 cm³/mol. The van der Waals surface area contributed by atoms with E-state index in [0.29, 0.717) is 13.0 Å². The Bertz CT molecular complexity index is 776. The predicted octanol–water partition coefficient (Wildman–Crippen LogP) is 1.49. The number of para-hydroxylation sites is 2. The van der Waals surface area contributed by atoms with Crippen LogP contribution in [0.3, 0.4) is 0 Å². The zero-order valence-electron chi connectivity index (χ0n) is 13.8. The number of rotatable bonds is 9. The van der Waals surface area contributed by atoms with Crippen molar-refractivity contribution >= 4 is 22.9 Å². The van der Waals surface area contributed by atoms with Gasteiger partial charge in [-0.25, -0.2) is 4.79 Å². The third-order valence-corrected chi connectivity index (χ3v) is 3.99. The first-order chi connectivity index (χ1) is 11.5. The van der Waals surface area contributed by atoms with Crippen LogP contribution in [0, 0.1) is 0 Å². The minimum Gasteiger partial charge on any atom is -0.481 e. The molecule has 0 spiro atoms. The van der Waals surface area contributed by atoms with Gasteiger partial charge in [0, 0.05) is 20.0 Å². The van der Waals surface area contributed by atoms with Crippen LogP contribution < -0.4 is 11.0 Å². The molecule has 0 aliphatic rings. The molecule has 2 rings (SSSR count). The molecule has 0 unspecified atom stereocenters. The molecule has 1 aromatic carbocycles. The van der Waals surface area contributed by atoms with Crippen LogP contribution in [0.5, 0.6) is 0 Å². The van der Waals surface area contributed by atoms with E-state index in [1.807, 2.05) is 24.3 Å². The molecule has 130 valence electrons. The number of nitrogens with one attached hydrogen (secondary N) is 1. The van der Waals surface area contributed by atoms with Gasteiger partial charge in [0.05, 0.1) is 11.0 Å². The van der Waals surface area contributed by atoms with E-state index in [0.717, 1.165) is 30.3 Å². The lowest BCUT2D eigenvalue weighted by Gasteiger charge is -2.06. The van der Waals surface area contributed by atoms with Crippen molar-refractivity contribution in [3.05, 3.63) is 34.7 Å². The van der Waals surface area contributed by atoms with Gasteiger partial charge < -0.3 is 10.4 Å². The molecule has 0 saturated heterocycles. The summed E-state index contributed by atoms with van der Waals surface area (Å²) in [4.78, 5) is 34.6. The minimum atomic E-state index is -0.774. The zero-order chi connectivity index (χ0) is 17.5. The molecule has 0 bridgehead atoms. The normalized spacial score (nSPS) is 10.9. The molecule has 1 amide bonds. The van der Waals surface area contributed by atoms with Gasteiger partial charge in [0.15, 0.2) is 0 Å². The molecule has 7 nitrogen and oxygen atoms in total. The van der Waals surface area contributed by atoms with E-state index in [-0.39, 0.29) is 24.6 Å². The Kier molecular flexibility index (Phi) is 6.17. The molecule has 24 heavy (non-hydrogen) atoms. The van der Waals surface area contributed by atoms with Gasteiger partial charge in [0.2, 0.25) is 5.91 Å². The van der Waals surface area contributed by atoms with Gasteiger partial charge in [-0.15, -0.1) is 0 Å². The number of aliphatic carboxylic acids is 1. The Morgan fingerprint density at radius 1 is 1.08 bits per heavy atom. The first-order valence-corrected chi connectivity index (χ1v) is 8.13. The summed E-state index contributed by atoms with van der Waals surface area (Å²) < 4.78 is 3.00. The standard InChI is InChI=1S/C17H23N3O4/c1-19-13-8-5-6-9-14(13)20(17(19)24)12-15(21)18-11-7-3-2-4-10-16(22)23/h5-6,8-9H,2-4,7,10-12H2,1H3,(H,18,21)(H,22,23). The summed E-state index contributed by atoms with van der Waals surface area (Å²) in [5.41, 5.74) is 1.34. The molecule has 0 atom stereocenters. The van der Waals surface area contributed by atoms with Gasteiger partial charge >= 0.3 is 11.7 Å². The molecule has 0 aliphatic carbocycles. The van der Waals surface area contributed by atoms with E-state index in [2.05, 4.69) is 5.32 Å². The van der Waals surface area contributed by atoms with Crippen molar-refractivity contribution in [2.24, 2.45) is 7.05 Å². The van der Waals surface area contributed by atoms with Crippen LogP contribution in [0.4, 0.5) is 0 Å². The Morgan fingerprint density at radius 2 is 1.75 bits per heavy atom. The molecule has 1 aromatic heterocycles. The van der Waals surface area contributed by atoms with E-state index in [1.54, 1.807) is 7.05 Å². The largest absolute Gasteiger partial charge is 0.481 e. The number of hydrogen-bond acceptors (Lipinski definition) is 3. The first-order valence-electron chi connectivity index (χ1n) is 8.13. The number of imidazole rings is 1. The van der Waals surface area contributed by atoms with Gasteiger partial charge in [-0.3, -0.25) is 18.7 Å². The molecule has 0 fully saturated rings. The molecule has 0 saturated carbocycles. The maximum Gasteiger partial charge on any atom is 0.329 e. The van der Waals surface area contributed by atoms with Crippen molar-refractivity contribution in [2.75, 3.05) is 6.54 Å². The number of carbonyl (C=O) groups is 2. The van der Waals surface area contributed by atoms with Gasteiger partial charge in [0.25, 0.3) is 0 Å². The van der Waals surface area contributed by atoms with Crippen molar-refractivity contribution in [1.29, 1.82) is 0 Å². The number of aromatic nitrogens is 2. The maximum atomic E-state index is 12.2. The van der Waals surface area contributed by atoms with Crippen LogP contribution in [-0.2, 0) is 23.2 Å².